The molecule has 0 spiro atoms. The third kappa shape index (κ3) is 2.38. The number of nitrogens with zero attached hydrogens (tertiary/aromatic N) is 2. The highest BCUT2D eigenvalue weighted by Gasteiger charge is 2.23. The number of hydrogen-bond donors (Lipinski definition) is 2. The number of hydrogen-bond acceptors (Lipinski definition) is 3. The van der Waals surface area contributed by atoms with Gasteiger partial charge >= 0.3 is 0 Å². The van der Waals surface area contributed by atoms with Gasteiger partial charge in [-0.15, -0.1) is 0 Å². The maximum absolute atomic E-state index is 5.60. The Hall–Kier alpha value is -0.870. The van der Waals surface area contributed by atoms with Crippen LogP contribution in [0.25, 0.3) is 0 Å². The van der Waals surface area contributed by atoms with Gasteiger partial charge in [0.15, 0.2) is 0 Å². The summed E-state index contributed by atoms with van der Waals surface area (Å²) in [5, 5.41) is 4.28. The van der Waals surface area contributed by atoms with Crippen LogP contribution >= 0.6 is 0 Å². The second kappa shape index (κ2) is 4.77. The Morgan fingerprint density at radius 3 is 2.93 bits per heavy atom. The number of aryl methyl sites for hydroxylation is 1. The van der Waals surface area contributed by atoms with Crippen molar-refractivity contribution >= 4 is 0 Å². The highest BCUT2D eigenvalue weighted by atomic mass is 15.3. The van der Waals surface area contributed by atoms with E-state index in [-0.39, 0.29) is 6.04 Å². The molecule has 2 rings (SSSR count). The van der Waals surface area contributed by atoms with Crippen LogP contribution in [0.2, 0.25) is 0 Å². The molecule has 15 heavy (non-hydrogen) atoms. The normalized spacial score (nSPS) is 18.8. The molecule has 1 unspecified atom stereocenters. The molecule has 1 heterocycles. The van der Waals surface area contributed by atoms with Crippen molar-refractivity contribution in [3.05, 3.63) is 18.0 Å². The Morgan fingerprint density at radius 2 is 2.47 bits per heavy atom. The van der Waals surface area contributed by atoms with Gasteiger partial charge in [0.25, 0.3) is 0 Å². The van der Waals surface area contributed by atoms with E-state index in [1.807, 2.05) is 10.9 Å². The van der Waals surface area contributed by atoms with Crippen molar-refractivity contribution < 1.29 is 0 Å². The first kappa shape index (κ1) is 10.6. The molecule has 1 aromatic rings. The van der Waals surface area contributed by atoms with Crippen LogP contribution in [0.4, 0.5) is 0 Å². The van der Waals surface area contributed by atoms with Gasteiger partial charge in [-0.3, -0.25) is 16.0 Å². The summed E-state index contributed by atoms with van der Waals surface area (Å²) in [5.41, 5.74) is 4.12. The molecule has 0 bridgehead atoms. The van der Waals surface area contributed by atoms with Gasteiger partial charge < -0.3 is 0 Å². The second-order valence-corrected chi connectivity index (χ2v) is 4.38. The van der Waals surface area contributed by atoms with Gasteiger partial charge in [0, 0.05) is 24.3 Å². The van der Waals surface area contributed by atoms with E-state index in [1.54, 1.807) is 0 Å². The summed E-state index contributed by atoms with van der Waals surface area (Å²) in [4.78, 5) is 0. The van der Waals surface area contributed by atoms with E-state index in [2.05, 4.69) is 23.6 Å². The lowest BCUT2D eigenvalue weighted by Crippen LogP contribution is -2.30. The third-order valence-corrected chi connectivity index (χ3v) is 3.37. The molecule has 1 saturated carbocycles. The molecule has 1 aliphatic rings. The van der Waals surface area contributed by atoms with E-state index < -0.39 is 0 Å². The minimum Gasteiger partial charge on any atom is -0.273 e. The van der Waals surface area contributed by atoms with Crippen LogP contribution in [0.1, 0.15) is 44.2 Å². The topological polar surface area (TPSA) is 55.9 Å². The fraction of sp³-hybridized carbons (Fsp3) is 0.727. The number of hydrazine groups is 1. The highest BCUT2D eigenvalue weighted by Crippen LogP contribution is 2.34. The summed E-state index contributed by atoms with van der Waals surface area (Å²) in [6.07, 6.45) is 9.26. The lowest BCUT2D eigenvalue weighted by molar-refractivity contribution is 0.262. The molecule has 1 fully saturated rings. The van der Waals surface area contributed by atoms with Crippen molar-refractivity contribution in [3.8, 4) is 0 Å². The van der Waals surface area contributed by atoms with Crippen molar-refractivity contribution in [2.75, 3.05) is 0 Å². The monoisotopic (exact) mass is 208 g/mol. The summed E-state index contributed by atoms with van der Waals surface area (Å²) in [6, 6.07) is 0.274. The molecule has 0 aliphatic heterocycles. The molecule has 0 saturated heterocycles. The molecule has 4 heteroatoms. The molecule has 1 atom stereocenters. The zero-order valence-corrected chi connectivity index (χ0v) is 9.32. The molecule has 0 radical (unpaired) electrons. The fourth-order valence-electron chi connectivity index (χ4n) is 2.09. The smallest absolute Gasteiger partial charge is 0.0538 e. The quantitative estimate of drug-likeness (QED) is 0.571. The summed E-state index contributed by atoms with van der Waals surface area (Å²) in [6.45, 7) is 3.01. The largest absolute Gasteiger partial charge is 0.273 e. The molecule has 84 valence electrons. The van der Waals surface area contributed by atoms with Gasteiger partial charge in [-0.1, -0.05) is 19.3 Å². The van der Waals surface area contributed by atoms with Gasteiger partial charge in [0.2, 0.25) is 0 Å². The van der Waals surface area contributed by atoms with Crippen molar-refractivity contribution in [3.63, 3.8) is 0 Å². The van der Waals surface area contributed by atoms with E-state index in [9.17, 15) is 0 Å². The van der Waals surface area contributed by atoms with Crippen LogP contribution in [-0.2, 0) is 6.54 Å². The lowest BCUT2D eigenvalue weighted by atomic mass is 9.80. The van der Waals surface area contributed by atoms with Crippen molar-refractivity contribution in [1.82, 2.24) is 15.2 Å². The SMILES string of the molecule is CCn1cc(C(CC2CCC2)NN)cn1. The fourth-order valence-corrected chi connectivity index (χ4v) is 2.09. The minimum atomic E-state index is 0.274. The predicted molar refractivity (Wildman–Crippen MR) is 59.9 cm³/mol. The Bertz CT molecular complexity index is 303. The molecule has 3 N–H and O–H groups in total. The van der Waals surface area contributed by atoms with Crippen molar-refractivity contribution in [2.24, 2.45) is 11.8 Å². The Morgan fingerprint density at radius 1 is 1.67 bits per heavy atom. The Labute approximate surface area is 90.8 Å². The molecular formula is C11H20N4. The average molecular weight is 208 g/mol. The van der Waals surface area contributed by atoms with Crippen LogP contribution < -0.4 is 11.3 Å². The molecule has 0 amide bonds. The maximum Gasteiger partial charge on any atom is 0.0538 e. The van der Waals surface area contributed by atoms with E-state index in [0.717, 1.165) is 18.9 Å². The van der Waals surface area contributed by atoms with Gasteiger partial charge in [0.05, 0.1) is 6.20 Å². The van der Waals surface area contributed by atoms with E-state index in [1.165, 1.54) is 24.8 Å². The summed E-state index contributed by atoms with van der Waals surface area (Å²) >= 11 is 0. The zero-order chi connectivity index (χ0) is 10.7. The zero-order valence-electron chi connectivity index (χ0n) is 9.32. The van der Waals surface area contributed by atoms with Gasteiger partial charge in [0.1, 0.15) is 0 Å². The standard InChI is InChI=1S/C11H20N4/c1-2-15-8-10(7-13-15)11(14-12)6-9-4-3-5-9/h7-9,11,14H,2-6,12H2,1H3. The predicted octanol–water partition coefficient (Wildman–Crippen LogP) is 1.60. The van der Waals surface area contributed by atoms with Crippen molar-refractivity contribution in [2.45, 2.75) is 45.2 Å². The van der Waals surface area contributed by atoms with Gasteiger partial charge in [-0.25, -0.2) is 0 Å². The Kier molecular flexibility index (Phi) is 3.38. The second-order valence-electron chi connectivity index (χ2n) is 4.38. The van der Waals surface area contributed by atoms with Crippen LogP contribution in [0.5, 0.6) is 0 Å². The number of nitrogens with two attached hydrogens (primary N) is 1. The highest BCUT2D eigenvalue weighted by molar-refractivity contribution is 5.10. The summed E-state index contributed by atoms with van der Waals surface area (Å²) in [5.74, 6) is 6.45. The first-order valence-corrected chi connectivity index (χ1v) is 5.82. The minimum absolute atomic E-state index is 0.274. The van der Waals surface area contributed by atoms with Crippen LogP contribution in [0.15, 0.2) is 12.4 Å². The Balaban J connectivity index is 1.97. The molecular weight excluding hydrogens is 188 g/mol. The lowest BCUT2D eigenvalue weighted by Gasteiger charge is -2.28. The van der Waals surface area contributed by atoms with Crippen molar-refractivity contribution in [1.29, 1.82) is 0 Å². The molecule has 1 aromatic heterocycles. The average Bonchev–Trinajstić information content (AvgIpc) is 2.65. The maximum atomic E-state index is 5.60. The number of rotatable bonds is 5. The third-order valence-electron chi connectivity index (χ3n) is 3.37. The molecule has 0 aromatic carbocycles. The summed E-state index contributed by atoms with van der Waals surface area (Å²) in [7, 11) is 0. The van der Waals surface area contributed by atoms with Crippen LogP contribution in [0.3, 0.4) is 0 Å². The van der Waals surface area contributed by atoms with E-state index in [4.69, 9.17) is 5.84 Å². The first-order chi connectivity index (χ1) is 7.33. The summed E-state index contributed by atoms with van der Waals surface area (Å²) < 4.78 is 1.94. The van der Waals surface area contributed by atoms with Crippen LogP contribution in [0, 0.1) is 5.92 Å². The van der Waals surface area contributed by atoms with Gasteiger partial charge in [-0.05, 0) is 19.3 Å². The molecule has 1 aliphatic carbocycles. The van der Waals surface area contributed by atoms with E-state index in [0.29, 0.717) is 0 Å². The van der Waals surface area contributed by atoms with Gasteiger partial charge in [-0.2, -0.15) is 5.10 Å². The van der Waals surface area contributed by atoms with E-state index >= 15 is 0 Å². The van der Waals surface area contributed by atoms with Crippen LogP contribution in [-0.4, -0.2) is 9.78 Å². The molecule has 4 nitrogen and oxygen atoms in total. The number of aromatic nitrogens is 2. The first-order valence-electron chi connectivity index (χ1n) is 5.82. The number of nitrogens with one attached hydrogen (secondary N) is 1.